The van der Waals surface area contributed by atoms with Crippen molar-refractivity contribution >= 4 is 11.6 Å². The Balaban J connectivity index is 1.47. The van der Waals surface area contributed by atoms with Crippen molar-refractivity contribution in [3.05, 3.63) is 126 Å². The fraction of sp³-hybridized carbons (Fsp3) is 0.0667. The Kier molecular flexibility index (Phi) is 5.79. The quantitative estimate of drug-likeness (QED) is 0.316. The van der Waals surface area contributed by atoms with Crippen molar-refractivity contribution in [1.82, 2.24) is 9.78 Å². The van der Waals surface area contributed by atoms with E-state index in [4.69, 9.17) is 5.10 Å². The van der Waals surface area contributed by atoms with Crippen molar-refractivity contribution in [3.63, 3.8) is 0 Å². The maximum Gasteiger partial charge on any atom is 0.255 e. The Bertz CT molecular complexity index is 1440. The molecule has 166 valence electrons. The Hall–Kier alpha value is -4.44. The molecule has 0 spiro atoms. The van der Waals surface area contributed by atoms with Crippen LogP contribution in [-0.2, 0) is 0 Å². The highest BCUT2D eigenvalue weighted by molar-refractivity contribution is 6.04. The van der Waals surface area contributed by atoms with Crippen LogP contribution in [0.4, 0.5) is 5.69 Å². The van der Waals surface area contributed by atoms with Crippen molar-refractivity contribution < 1.29 is 4.79 Å². The molecule has 4 heteroatoms. The van der Waals surface area contributed by atoms with Gasteiger partial charge in [-0.05, 0) is 55.8 Å². The third-order valence-electron chi connectivity index (χ3n) is 5.85. The second kappa shape index (κ2) is 9.20. The van der Waals surface area contributed by atoms with Crippen molar-refractivity contribution in [2.45, 2.75) is 13.8 Å². The highest BCUT2D eigenvalue weighted by atomic mass is 16.1. The number of rotatable bonds is 5. The van der Waals surface area contributed by atoms with E-state index in [1.54, 1.807) is 0 Å². The van der Waals surface area contributed by atoms with Gasteiger partial charge in [-0.3, -0.25) is 4.79 Å². The average molecular weight is 444 g/mol. The summed E-state index contributed by atoms with van der Waals surface area (Å²) in [7, 11) is 0. The highest BCUT2D eigenvalue weighted by Gasteiger charge is 2.14. The second-order valence-electron chi connectivity index (χ2n) is 8.38. The molecule has 0 saturated carbocycles. The van der Waals surface area contributed by atoms with Gasteiger partial charge in [-0.25, -0.2) is 4.68 Å². The molecule has 0 aliphatic carbocycles. The third kappa shape index (κ3) is 4.39. The van der Waals surface area contributed by atoms with E-state index in [2.05, 4.69) is 41.7 Å². The summed E-state index contributed by atoms with van der Waals surface area (Å²) in [4.78, 5) is 12.8. The Morgan fingerprint density at radius 1 is 0.735 bits per heavy atom. The second-order valence-corrected chi connectivity index (χ2v) is 8.38. The first kappa shape index (κ1) is 21.4. The summed E-state index contributed by atoms with van der Waals surface area (Å²) in [6.45, 7) is 4.04. The van der Waals surface area contributed by atoms with Gasteiger partial charge in [0.25, 0.3) is 5.91 Å². The fourth-order valence-electron chi connectivity index (χ4n) is 4.04. The van der Waals surface area contributed by atoms with E-state index in [0.29, 0.717) is 5.56 Å². The zero-order valence-electron chi connectivity index (χ0n) is 19.2. The van der Waals surface area contributed by atoms with Crippen LogP contribution in [0.2, 0.25) is 0 Å². The largest absolute Gasteiger partial charge is 0.322 e. The number of carbonyl (C=O) groups excluding carboxylic acids is 1. The van der Waals surface area contributed by atoms with Crippen LogP contribution in [0.25, 0.3) is 28.2 Å². The van der Waals surface area contributed by atoms with Crippen molar-refractivity contribution in [3.8, 4) is 28.2 Å². The predicted octanol–water partition coefficient (Wildman–Crippen LogP) is 7.08. The van der Waals surface area contributed by atoms with E-state index in [1.165, 1.54) is 5.56 Å². The molecule has 0 aliphatic heterocycles. The molecule has 0 fully saturated rings. The van der Waals surface area contributed by atoms with Gasteiger partial charge in [0.1, 0.15) is 0 Å². The zero-order chi connectivity index (χ0) is 23.5. The summed E-state index contributed by atoms with van der Waals surface area (Å²) in [6.07, 6.45) is 0. The fourth-order valence-corrected chi connectivity index (χ4v) is 4.04. The van der Waals surface area contributed by atoms with Gasteiger partial charge in [0.05, 0.1) is 17.1 Å². The van der Waals surface area contributed by atoms with Crippen molar-refractivity contribution in [1.29, 1.82) is 0 Å². The summed E-state index contributed by atoms with van der Waals surface area (Å²) >= 11 is 0. The predicted molar refractivity (Wildman–Crippen MR) is 138 cm³/mol. The van der Waals surface area contributed by atoms with Crippen LogP contribution in [0, 0.1) is 13.8 Å². The molecule has 5 rings (SSSR count). The van der Waals surface area contributed by atoms with E-state index in [0.717, 1.165) is 39.5 Å². The van der Waals surface area contributed by atoms with E-state index in [9.17, 15) is 4.79 Å². The number of aryl methyl sites for hydroxylation is 2. The van der Waals surface area contributed by atoms with Gasteiger partial charge in [-0.2, -0.15) is 5.10 Å². The first-order valence-electron chi connectivity index (χ1n) is 11.3. The third-order valence-corrected chi connectivity index (χ3v) is 5.85. The minimum atomic E-state index is -0.132. The lowest BCUT2D eigenvalue weighted by molar-refractivity contribution is 0.102. The number of benzene rings is 4. The number of hydrogen-bond acceptors (Lipinski definition) is 2. The molecular weight excluding hydrogens is 418 g/mol. The summed E-state index contributed by atoms with van der Waals surface area (Å²) in [5, 5.41) is 7.92. The standard InChI is InChI=1S/C30H25N3O/c1-21-13-18-27(22(2)19-21)31-30(34)25-14-16-26(17-15-25)33-29(24-11-7-4-8-12-24)20-28(32-33)23-9-5-3-6-10-23/h3-20H,1-2H3,(H,31,34). The van der Waals surface area contributed by atoms with Crippen LogP contribution in [0.15, 0.2) is 109 Å². The molecule has 0 aliphatic rings. The Morgan fingerprint density at radius 2 is 1.38 bits per heavy atom. The highest BCUT2D eigenvalue weighted by Crippen LogP contribution is 2.29. The van der Waals surface area contributed by atoms with Gasteiger partial charge in [-0.1, -0.05) is 78.4 Å². The number of aromatic nitrogens is 2. The summed E-state index contributed by atoms with van der Waals surface area (Å²) in [5.41, 5.74) is 8.56. The van der Waals surface area contributed by atoms with Gasteiger partial charge < -0.3 is 5.32 Å². The molecule has 0 atom stereocenters. The number of amides is 1. The van der Waals surface area contributed by atoms with Crippen LogP contribution in [0.1, 0.15) is 21.5 Å². The number of nitrogens with one attached hydrogen (secondary N) is 1. The molecule has 1 N–H and O–H groups in total. The van der Waals surface area contributed by atoms with Gasteiger partial charge >= 0.3 is 0 Å². The SMILES string of the molecule is Cc1ccc(NC(=O)c2ccc(-n3nc(-c4ccccc4)cc3-c3ccccc3)cc2)c(C)c1. The van der Waals surface area contributed by atoms with Crippen LogP contribution >= 0.6 is 0 Å². The molecule has 0 unspecified atom stereocenters. The topological polar surface area (TPSA) is 46.9 Å². The Labute approximate surface area is 199 Å². The molecule has 34 heavy (non-hydrogen) atoms. The lowest BCUT2D eigenvalue weighted by Gasteiger charge is -2.11. The van der Waals surface area contributed by atoms with E-state index < -0.39 is 0 Å². The molecule has 0 saturated heterocycles. The van der Waals surface area contributed by atoms with Gasteiger partial charge in [0, 0.05) is 22.4 Å². The molecular formula is C30H25N3O. The molecule has 1 aromatic heterocycles. The minimum absolute atomic E-state index is 0.132. The van der Waals surface area contributed by atoms with Crippen LogP contribution in [0.3, 0.4) is 0 Å². The summed E-state index contributed by atoms with van der Waals surface area (Å²) in [6, 6.07) is 36.0. The number of anilines is 1. The minimum Gasteiger partial charge on any atom is -0.322 e. The summed E-state index contributed by atoms with van der Waals surface area (Å²) in [5.74, 6) is -0.132. The average Bonchev–Trinajstić information content (AvgIpc) is 3.32. The lowest BCUT2D eigenvalue weighted by Crippen LogP contribution is -2.13. The van der Waals surface area contributed by atoms with Gasteiger partial charge in [0.15, 0.2) is 0 Å². The molecule has 1 amide bonds. The van der Waals surface area contributed by atoms with Crippen LogP contribution in [-0.4, -0.2) is 15.7 Å². The van der Waals surface area contributed by atoms with Gasteiger partial charge in [0.2, 0.25) is 0 Å². The number of nitrogens with zero attached hydrogens (tertiary/aromatic N) is 2. The molecule has 4 nitrogen and oxygen atoms in total. The normalized spacial score (nSPS) is 10.8. The van der Waals surface area contributed by atoms with Crippen molar-refractivity contribution in [2.24, 2.45) is 0 Å². The first-order valence-corrected chi connectivity index (χ1v) is 11.3. The number of hydrogen-bond donors (Lipinski definition) is 1. The van der Waals surface area contributed by atoms with Crippen LogP contribution < -0.4 is 5.32 Å². The van der Waals surface area contributed by atoms with Crippen molar-refractivity contribution in [2.75, 3.05) is 5.32 Å². The molecule has 5 aromatic rings. The van der Waals surface area contributed by atoms with Crippen LogP contribution in [0.5, 0.6) is 0 Å². The summed E-state index contributed by atoms with van der Waals surface area (Å²) < 4.78 is 1.93. The smallest absolute Gasteiger partial charge is 0.255 e. The maximum absolute atomic E-state index is 12.8. The lowest BCUT2D eigenvalue weighted by atomic mass is 10.1. The molecule has 0 bridgehead atoms. The molecule has 0 radical (unpaired) electrons. The Morgan fingerprint density at radius 3 is 2.03 bits per heavy atom. The molecule has 1 heterocycles. The van der Waals surface area contributed by atoms with Gasteiger partial charge in [-0.15, -0.1) is 0 Å². The van der Waals surface area contributed by atoms with E-state index >= 15 is 0 Å². The first-order chi connectivity index (χ1) is 16.6. The number of carbonyl (C=O) groups is 1. The van der Waals surface area contributed by atoms with E-state index in [1.807, 2.05) is 91.3 Å². The zero-order valence-corrected chi connectivity index (χ0v) is 19.2. The van der Waals surface area contributed by atoms with E-state index in [-0.39, 0.29) is 5.91 Å². The maximum atomic E-state index is 12.8. The molecule has 4 aromatic carbocycles. The monoisotopic (exact) mass is 443 g/mol.